The van der Waals surface area contributed by atoms with E-state index in [1.807, 2.05) is 13.0 Å². The Morgan fingerprint density at radius 1 is 1.07 bits per heavy atom. The van der Waals surface area contributed by atoms with Crippen molar-refractivity contribution in [2.24, 2.45) is 0 Å². The van der Waals surface area contributed by atoms with Crippen molar-refractivity contribution in [2.45, 2.75) is 6.92 Å². The van der Waals surface area contributed by atoms with E-state index in [0.29, 0.717) is 16.1 Å². The van der Waals surface area contributed by atoms with Crippen molar-refractivity contribution in [3.8, 4) is 16.9 Å². The monoisotopic (exact) mass is 383 g/mol. The van der Waals surface area contributed by atoms with E-state index in [-0.39, 0.29) is 23.5 Å². The van der Waals surface area contributed by atoms with Crippen LogP contribution in [-0.2, 0) is 4.79 Å². The molecule has 0 atom stereocenters. The quantitative estimate of drug-likeness (QED) is 0.613. The zero-order chi connectivity index (χ0) is 19.4. The molecule has 0 spiro atoms. The highest BCUT2D eigenvalue weighted by atomic mass is 35.5. The van der Waals surface area contributed by atoms with Gasteiger partial charge in [-0.2, -0.15) is 0 Å². The van der Waals surface area contributed by atoms with E-state index in [1.54, 1.807) is 36.4 Å². The van der Waals surface area contributed by atoms with E-state index in [4.69, 9.17) is 16.3 Å². The highest BCUT2D eigenvalue weighted by Crippen LogP contribution is 2.32. The second-order valence-corrected chi connectivity index (χ2v) is 6.25. The molecule has 1 amide bonds. The Labute approximate surface area is 160 Å². The van der Waals surface area contributed by atoms with Gasteiger partial charge in [0.05, 0.1) is 5.56 Å². The van der Waals surface area contributed by atoms with Crippen LogP contribution in [-0.4, -0.2) is 12.4 Å². The molecule has 0 aliphatic carbocycles. The molecule has 0 saturated carbocycles. The fourth-order valence-electron chi connectivity index (χ4n) is 2.66. The Morgan fingerprint density at radius 2 is 1.85 bits per heavy atom. The second-order valence-electron chi connectivity index (χ2n) is 5.84. The van der Waals surface area contributed by atoms with Crippen LogP contribution in [0.15, 0.2) is 60.7 Å². The van der Waals surface area contributed by atoms with Gasteiger partial charge in [0, 0.05) is 21.8 Å². The number of carbonyl (C=O) groups is 2. The maximum atomic E-state index is 14.6. The van der Waals surface area contributed by atoms with Gasteiger partial charge in [-0.3, -0.25) is 9.59 Å². The van der Waals surface area contributed by atoms with Crippen molar-refractivity contribution >= 4 is 29.7 Å². The lowest BCUT2D eigenvalue weighted by Crippen LogP contribution is -2.13. The topological polar surface area (TPSA) is 55.4 Å². The van der Waals surface area contributed by atoms with Gasteiger partial charge in [-0.15, -0.1) is 0 Å². The lowest BCUT2D eigenvalue weighted by Gasteiger charge is -2.11. The van der Waals surface area contributed by atoms with Gasteiger partial charge in [0.2, 0.25) is 0 Å². The van der Waals surface area contributed by atoms with E-state index < -0.39 is 11.7 Å². The molecular weight excluding hydrogens is 369 g/mol. The summed E-state index contributed by atoms with van der Waals surface area (Å²) >= 11 is 6.18. The molecule has 0 unspecified atom stereocenters. The zero-order valence-corrected chi connectivity index (χ0v) is 15.1. The van der Waals surface area contributed by atoms with E-state index in [9.17, 15) is 14.0 Å². The van der Waals surface area contributed by atoms with Crippen molar-refractivity contribution in [3.63, 3.8) is 0 Å². The largest absolute Gasteiger partial charge is 0.428 e. The molecule has 0 bridgehead atoms. The lowest BCUT2D eigenvalue weighted by atomic mass is 10.0. The van der Waals surface area contributed by atoms with Crippen LogP contribution in [0.2, 0.25) is 5.02 Å². The highest BCUT2D eigenvalue weighted by Gasteiger charge is 2.15. The first kappa shape index (κ1) is 18.6. The molecule has 1 N–H and O–H groups in total. The van der Waals surface area contributed by atoms with Crippen LogP contribution in [0.4, 0.5) is 10.1 Å². The lowest BCUT2D eigenvalue weighted by molar-refractivity contribution is -0.120. The van der Waals surface area contributed by atoms with Gasteiger partial charge in [-0.05, 0) is 49.4 Å². The Bertz CT molecular complexity index is 1020. The molecule has 0 fully saturated rings. The second kappa shape index (κ2) is 8.01. The van der Waals surface area contributed by atoms with Gasteiger partial charge >= 0.3 is 0 Å². The number of halogens is 2. The minimum Gasteiger partial charge on any atom is -0.428 e. The predicted octanol–water partition coefficient (Wildman–Crippen LogP) is 5.24. The SMILES string of the molecule is Cc1ccc(Cl)c(-c2ccc(NC(=O)c3ccccc3OC=O)cc2F)c1. The summed E-state index contributed by atoms with van der Waals surface area (Å²) < 4.78 is 19.4. The highest BCUT2D eigenvalue weighted by molar-refractivity contribution is 6.33. The van der Waals surface area contributed by atoms with Gasteiger partial charge in [0.1, 0.15) is 11.6 Å². The summed E-state index contributed by atoms with van der Waals surface area (Å²) in [5, 5.41) is 3.04. The number of hydrogen-bond donors (Lipinski definition) is 1. The Morgan fingerprint density at radius 3 is 2.59 bits per heavy atom. The van der Waals surface area contributed by atoms with Crippen LogP contribution >= 0.6 is 11.6 Å². The number of benzene rings is 3. The number of aryl methyl sites for hydroxylation is 1. The van der Waals surface area contributed by atoms with Crippen LogP contribution in [0.5, 0.6) is 5.75 Å². The third kappa shape index (κ3) is 4.15. The first-order chi connectivity index (χ1) is 13.0. The molecule has 0 aliphatic heterocycles. The van der Waals surface area contributed by atoms with Crippen LogP contribution in [0.1, 0.15) is 15.9 Å². The van der Waals surface area contributed by atoms with Gasteiger partial charge in [-0.1, -0.05) is 35.4 Å². The van der Waals surface area contributed by atoms with Crippen molar-refractivity contribution < 1.29 is 18.7 Å². The third-order valence-electron chi connectivity index (χ3n) is 3.95. The molecule has 0 aliphatic rings. The average molecular weight is 384 g/mol. The van der Waals surface area contributed by atoms with Crippen molar-refractivity contribution in [3.05, 3.63) is 82.6 Å². The summed E-state index contributed by atoms with van der Waals surface area (Å²) in [6.07, 6.45) is 0. The summed E-state index contributed by atoms with van der Waals surface area (Å²) in [7, 11) is 0. The Balaban J connectivity index is 1.87. The van der Waals surface area contributed by atoms with E-state index in [2.05, 4.69) is 5.32 Å². The van der Waals surface area contributed by atoms with Crippen LogP contribution in [0.3, 0.4) is 0 Å². The van der Waals surface area contributed by atoms with Crippen LogP contribution in [0.25, 0.3) is 11.1 Å². The summed E-state index contributed by atoms with van der Waals surface area (Å²) in [5.74, 6) is -0.917. The smallest absolute Gasteiger partial charge is 0.298 e. The molecule has 4 nitrogen and oxygen atoms in total. The van der Waals surface area contributed by atoms with Crippen LogP contribution in [0, 0.1) is 12.7 Å². The summed E-state index contributed by atoms with van der Waals surface area (Å²) in [6, 6.07) is 16.0. The van der Waals surface area contributed by atoms with E-state index >= 15 is 0 Å². The molecule has 3 aromatic carbocycles. The minimum atomic E-state index is -0.520. The average Bonchev–Trinajstić information content (AvgIpc) is 2.65. The summed E-state index contributed by atoms with van der Waals surface area (Å²) in [5.41, 5.74) is 2.31. The van der Waals surface area contributed by atoms with E-state index in [1.165, 1.54) is 18.2 Å². The fraction of sp³-hybridized carbons (Fsp3) is 0.0476. The molecule has 0 radical (unpaired) electrons. The van der Waals surface area contributed by atoms with Crippen molar-refractivity contribution in [1.29, 1.82) is 0 Å². The Kier molecular flexibility index (Phi) is 5.52. The number of nitrogens with one attached hydrogen (secondary N) is 1. The van der Waals surface area contributed by atoms with Gasteiger partial charge < -0.3 is 10.1 Å². The zero-order valence-electron chi connectivity index (χ0n) is 14.3. The first-order valence-corrected chi connectivity index (χ1v) is 8.44. The number of hydrogen-bond acceptors (Lipinski definition) is 3. The maximum Gasteiger partial charge on any atom is 0.298 e. The van der Waals surface area contributed by atoms with Crippen molar-refractivity contribution in [1.82, 2.24) is 0 Å². The first-order valence-electron chi connectivity index (χ1n) is 8.06. The molecule has 6 heteroatoms. The molecule has 27 heavy (non-hydrogen) atoms. The standard InChI is InChI=1S/C21H15ClFNO3/c1-13-6-9-18(22)17(10-13)15-8-7-14(11-19(15)23)24-21(26)16-4-2-3-5-20(16)27-12-25/h2-12H,1H3,(H,24,26). The number of anilines is 1. The van der Waals surface area contributed by atoms with Gasteiger partial charge in [-0.25, -0.2) is 4.39 Å². The normalized spacial score (nSPS) is 10.3. The Hall–Kier alpha value is -3.18. The molecule has 3 aromatic rings. The number of para-hydroxylation sites is 1. The fourth-order valence-corrected chi connectivity index (χ4v) is 2.88. The van der Waals surface area contributed by atoms with E-state index in [0.717, 1.165) is 5.56 Å². The molecular formula is C21H15ClFNO3. The number of carbonyl (C=O) groups excluding carboxylic acids is 2. The predicted molar refractivity (Wildman–Crippen MR) is 103 cm³/mol. The molecule has 136 valence electrons. The van der Waals surface area contributed by atoms with Crippen molar-refractivity contribution in [2.75, 3.05) is 5.32 Å². The number of rotatable bonds is 5. The number of ether oxygens (including phenoxy) is 1. The molecule has 3 rings (SSSR count). The minimum absolute atomic E-state index is 0.119. The summed E-state index contributed by atoms with van der Waals surface area (Å²) in [4.78, 5) is 23.0. The van der Waals surface area contributed by atoms with Gasteiger partial charge in [0.25, 0.3) is 12.4 Å². The summed E-state index contributed by atoms with van der Waals surface area (Å²) in [6.45, 7) is 2.14. The number of amides is 1. The molecule has 0 aromatic heterocycles. The third-order valence-corrected chi connectivity index (χ3v) is 4.28. The maximum absolute atomic E-state index is 14.6. The van der Waals surface area contributed by atoms with Crippen LogP contribution < -0.4 is 10.1 Å². The molecule has 0 saturated heterocycles. The molecule has 0 heterocycles. The van der Waals surface area contributed by atoms with Gasteiger partial charge in [0.15, 0.2) is 0 Å².